The van der Waals surface area contributed by atoms with E-state index in [4.69, 9.17) is 4.74 Å². The molecule has 0 spiro atoms. The molecule has 0 aliphatic carbocycles. The second-order valence-electron chi connectivity index (χ2n) is 3.70. The Bertz CT molecular complexity index is 165. The molecule has 0 aromatic rings. The predicted molar refractivity (Wildman–Crippen MR) is 50.5 cm³/mol. The minimum atomic E-state index is -0.299. The van der Waals surface area contributed by atoms with Crippen LogP contribution in [0, 0.1) is 5.92 Å². The summed E-state index contributed by atoms with van der Waals surface area (Å²) in [4.78, 5) is 11.4. The lowest BCUT2D eigenvalue weighted by Crippen LogP contribution is -2.48. The number of hydrogen-bond donors (Lipinski definition) is 2. The summed E-state index contributed by atoms with van der Waals surface area (Å²) < 4.78 is 5.30. The number of ether oxygens (including phenoxy) is 1. The van der Waals surface area contributed by atoms with Gasteiger partial charge in [0.15, 0.2) is 0 Å². The Balaban J connectivity index is 2.21. The molecule has 4 nitrogen and oxygen atoms in total. The van der Waals surface area contributed by atoms with E-state index in [2.05, 4.69) is 24.5 Å². The van der Waals surface area contributed by atoms with Crippen LogP contribution in [0.5, 0.6) is 0 Å². The van der Waals surface area contributed by atoms with Crippen molar-refractivity contribution in [1.29, 1.82) is 0 Å². The molecule has 0 saturated carbocycles. The molecule has 2 N–H and O–H groups in total. The first kappa shape index (κ1) is 10.5. The lowest BCUT2D eigenvalue weighted by molar-refractivity contribution is -0.134. The molecule has 1 aliphatic heterocycles. The van der Waals surface area contributed by atoms with Crippen LogP contribution in [0.4, 0.5) is 0 Å². The second-order valence-corrected chi connectivity index (χ2v) is 3.70. The second kappa shape index (κ2) is 5.19. The van der Waals surface area contributed by atoms with Crippen LogP contribution >= 0.6 is 0 Å². The van der Waals surface area contributed by atoms with Gasteiger partial charge in [-0.3, -0.25) is 4.79 Å². The summed E-state index contributed by atoms with van der Waals surface area (Å²) in [6.45, 7) is 6.96. The van der Waals surface area contributed by atoms with Crippen molar-refractivity contribution in [3.8, 4) is 0 Å². The van der Waals surface area contributed by atoms with E-state index < -0.39 is 0 Å². The molecule has 1 aliphatic rings. The van der Waals surface area contributed by atoms with Gasteiger partial charge >= 0.3 is 0 Å². The monoisotopic (exact) mass is 186 g/mol. The molecular formula is C9H18N2O2. The molecule has 0 aromatic carbocycles. The third kappa shape index (κ3) is 3.74. The van der Waals surface area contributed by atoms with Gasteiger partial charge in [0.05, 0.1) is 6.61 Å². The maximum Gasteiger partial charge on any atom is 0.250 e. The molecule has 1 rings (SSSR count). The number of nitrogens with one attached hydrogen (secondary N) is 2. The summed E-state index contributed by atoms with van der Waals surface area (Å²) in [5, 5.41) is 5.97. The van der Waals surface area contributed by atoms with E-state index in [-0.39, 0.29) is 12.0 Å². The van der Waals surface area contributed by atoms with E-state index in [9.17, 15) is 4.79 Å². The Kier molecular flexibility index (Phi) is 4.18. The predicted octanol–water partition coefficient (Wildman–Crippen LogP) is -0.253. The SMILES string of the molecule is CC(C)CNC(=O)C1CNCCO1. The fourth-order valence-electron chi connectivity index (χ4n) is 1.15. The number of amides is 1. The maximum absolute atomic E-state index is 11.4. The Morgan fingerprint density at radius 2 is 2.46 bits per heavy atom. The highest BCUT2D eigenvalue weighted by atomic mass is 16.5. The zero-order valence-corrected chi connectivity index (χ0v) is 8.30. The van der Waals surface area contributed by atoms with Gasteiger partial charge in [-0.15, -0.1) is 0 Å². The molecule has 1 fully saturated rings. The van der Waals surface area contributed by atoms with Crippen molar-refractivity contribution in [2.24, 2.45) is 5.92 Å². The lowest BCUT2D eigenvalue weighted by atomic mass is 10.2. The van der Waals surface area contributed by atoms with Crippen LogP contribution in [-0.2, 0) is 9.53 Å². The van der Waals surface area contributed by atoms with Gasteiger partial charge in [0.1, 0.15) is 6.10 Å². The van der Waals surface area contributed by atoms with Crippen molar-refractivity contribution in [2.45, 2.75) is 20.0 Å². The molecule has 1 unspecified atom stereocenters. The van der Waals surface area contributed by atoms with E-state index in [0.29, 0.717) is 19.1 Å². The van der Waals surface area contributed by atoms with Gasteiger partial charge in [-0.05, 0) is 5.92 Å². The highest BCUT2D eigenvalue weighted by molar-refractivity contribution is 5.81. The van der Waals surface area contributed by atoms with Crippen LogP contribution < -0.4 is 10.6 Å². The standard InChI is InChI=1S/C9H18N2O2/c1-7(2)5-11-9(12)8-6-10-3-4-13-8/h7-8,10H,3-6H2,1-2H3,(H,11,12). The molecule has 1 saturated heterocycles. The van der Waals surface area contributed by atoms with Crippen molar-refractivity contribution in [1.82, 2.24) is 10.6 Å². The highest BCUT2D eigenvalue weighted by Gasteiger charge is 2.21. The molecule has 0 bridgehead atoms. The van der Waals surface area contributed by atoms with Crippen LogP contribution in [-0.4, -0.2) is 38.3 Å². The molecule has 0 aromatic heterocycles. The van der Waals surface area contributed by atoms with Crippen LogP contribution in [0.3, 0.4) is 0 Å². The number of morpholine rings is 1. The van der Waals surface area contributed by atoms with E-state index in [1.54, 1.807) is 0 Å². The molecule has 1 amide bonds. The first-order chi connectivity index (χ1) is 6.20. The molecule has 4 heteroatoms. The van der Waals surface area contributed by atoms with Crippen molar-refractivity contribution in [2.75, 3.05) is 26.2 Å². The van der Waals surface area contributed by atoms with Crippen molar-refractivity contribution in [3.63, 3.8) is 0 Å². The average molecular weight is 186 g/mol. The van der Waals surface area contributed by atoms with Crippen LogP contribution in [0.1, 0.15) is 13.8 Å². The first-order valence-corrected chi connectivity index (χ1v) is 4.80. The van der Waals surface area contributed by atoms with E-state index >= 15 is 0 Å². The molecule has 13 heavy (non-hydrogen) atoms. The Morgan fingerprint density at radius 1 is 1.69 bits per heavy atom. The Labute approximate surface area is 79.0 Å². The number of rotatable bonds is 3. The van der Waals surface area contributed by atoms with E-state index in [0.717, 1.165) is 13.1 Å². The lowest BCUT2D eigenvalue weighted by Gasteiger charge is -2.23. The topological polar surface area (TPSA) is 50.4 Å². The third-order valence-corrected chi connectivity index (χ3v) is 1.90. The fraction of sp³-hybridized carbons (Fsp3) is 0.889. The van der Waals surface area contributed by atoms with Gasteiger partial charge in [-0.1, -0.05) is 13.8 Å². The van der Waals surface area contributed by atoms with E-state index in [1.807, 2.05) is 0 Å². The molecule has 1 atom stereocenters. The van der Waals surface area contributed by atoms with Gasteiger partial charge in [-0.25, -0.2) is 0 Å². The summed E-state index contributed by atoms with van der Waals surface area (Å²) in [7, 11) is 0. The minimum Gasteiger partial charge on any atom is -0.366 e. The van der Waals surface area contributed by atoms with Crippen molar-refractivity contribution in [3.05, 3.63) is 0 Å². The summed E-state index contributed by atoms with van der Waals surface area (Å²) >= 11 is 0. The Hall–Kier alpha value is -0.610. The largest absolute Gasteiger partial charge is 0.366 e. The van der Waals surface area contributed by atoms with Crippen LogP contribution in [0.15, 0.2) is 0 Å². The third-order valence-electron chi connectivity index (χ3n) is 1.90. The smallest absolute Gasteiger partial charge is 0.250 e. The van der Waals surface area contributed by atoms with Gasteiger partial charge in [0, 0.05) is 19.6 Å². The average Bonchev–Trinajstić information content (AvgIpc) is 2.15. The Morgan fingerprint density at radius 3 is 3.00 bits per heavy atom. The van der Waals surface area contributed by atoms with Crippen LogP contribution in [0.25, 0.3) is 0 Å². The number of hydrogen-bond acceptors (Lipinski definition) is 3. The zero-order chi connectivity index (χ0) is 9.68. The zero-order valence-electron chi connectivity index (χ0n) is 8.30. The van der Waals surface area contributed by atoms with Gasteiger partial charge in [-0.2, -0.15) is 0 Å². The van der Waals surface area contributed by atoms with Crippen molar-refractivity contribution >= 4 is 5.91 Å². The van der Waals surface area contributed by atoms with Crippen molar-refractivity contribution < 1.29 is 9.53 Å². The quantitative estimate of drug-likeness (QED) is 0.639. The molecule has 76 valence electrons. The molecule has 1 heterocycles. The minimum absolute atomic E-state index is 0.000833. The van der Waals surface area contributed by atoms with Gasteiger partial charge in [0.25, 0.3) is 0 Å². The van der Waals surface area contributed by atoms with Gasteiger partial charge < -0.3 is 15.4 Å². The first-order valence-electron chi connectivity index (χ1n) is 4.80. The maximum atomic E-state index is 11.4. The summed E-state index contributed by atoms with van der Waals surface area (Å²) in [5.41, 5.74) is 0. The van der Waals surface area contributed by atoms with Crippen LogP contribution in [0.2, 0.25) is 0 Å². The normalized spacial score (nSPS) is 23.2. The summed E-state index contributed by atoms with van der Waals surface area (Å²) in [6.07, 6.45) is -0.299. The number of carbonyl (C=O) groups excluding carboxylic acids is 1. The molecule has 0 radical (unpaired) electrons. The highest BCUT2D eigenvalue weighted by Crippen LogP contribution is 1.96. The summed E-state index contributed by atoms with van der Waals surface area (Å²) in [6, 6.07) is 0. The fourth-order valence-corrected chi connectivity index (χ4v) is 1.15. The molecular weight excluding hydrogens is 168 g/mol. The number of carbonyl (C=O) groups is 1. The van der Waals surface area contributed by atoms with Gasteiger partial charge in [0.2, 0.25) is 5.91 Å². The van der Waals surface area contributed by atoms with E-state index in [1.165, 1.54) is 0 Å². The summed E-state index contributed by atoms with van der Waals surface area (Å²) in [5.74, 6) is 0.487.